The first kappa shape index (κ1) is 24.6. The maximum atomic E-state index is 12.9. The van der Waals surface area contributed by atoms with Crippen LogP contribution in [-0.2, 0) is 7.05 Å². The van der Waals surface area contributed by atoms with Crippen LogP contribution in [-0.4, -0.2) is 51.2 Å². The van der Waals surface area contributed by atoms with Crippen LogP contribution in [0, 0.1) is 0 Å². The fourth-order valence-corrected chi connectivity index (χ4v) is 3.01. The third-order valence-corrected chi connectivity index (χ3v) is 4.97. The molecule has 32 heavy (non-hydrogen) atoms. The third-order valence-electron chi connectivity index (χ3n) is 4.97. The fourth-order valence-electron chi connectivity index (χ4n) is 3.01. The summed E-state index contributed by atoms with van der Waals surface area (Å²) in [6, 6.07) is 1.21. The van der Waals surface area contributed by atoms with E-state index in [4.69, 9.17) is 5.73 Å². The van der Waals surface area contributed by atoms with E-state index in [2.05, 4.69) is 20.7 Å². The number of urea groups is 1. The molecule has 0 aromatic carbocycles. The summed E-state index contributed by atoms with van der Waals surface area (Å²) in [4.78, 5) is 31.2. The van der Waals surface area contributed by atoms with Crippen molar-refractivity contribution in [3.05, 3.63) is 54.1 Å². The van der Waals surface area contributed by atoms with Crippen molar-refractivity contribution in [2.75, 3.05) is 19.3 Å². The lowest BCUT2D eigenvalue weighted by atomic mass is 10.1. The molecule has 172 valence electrons. The second kappa shape index (κ2) is 11.7. The minimum atomic E-state index is -0.332. The van der Waals surface area contributed by atoms with Gasteiger partial charge in [-0.3, -0.25) is 9.48 Å². The molecule has 0 aliphatic heterocycles. The van der Waals surface area contributed by atoms with Crippen molar-refractivity contribution in [3.63, 3.8) is 0 Å². The molecule has 3 amide bonds. The Balaban J connectivity index is 2.06. The van der Waals surface area contributed by atoms with E-state index in [1.165, 1.54) is 0 Å². The molecule has 0 radical (unpaired) electrons. The van der Waals surface area contributed by atoms with Crippen LogP contribution in [0.3, 0.4) is 0 Å². The Kier molecular flexibility index (Phi) is 9.00. The molecule has 0 bridgehead atoms. The number of hydrogen-bond acceptors (Lipinski definition) is 5. The van der Waals surface area contributed by atoms with Crippen molar-refractivity contribution in [1.29, 1.82) is 0 Å². The van der Waals surface area contributed by atoms with Gasteiger partial charge in [-0.05, 0) is 31.9 Å². The van der Waals surface area contributed by atoms with E-state index in [1.807, 2.05) is 52.2 Å². The van der Waals surface area contributed by atoms with Crippen molar-refractivity contribution in [1.82, 2.24) is 30.3 Å². The Bertz CT molecular complexity index is 994. The summed E-state index contributed by atoms with van der Waals surface area (Å²) in [6.45, 7) is 6.19. The smallest absolute Gasteiger partial charge is 0.321 e. The first-order valence-electron chi connectivity index (χ1n) is 10.7. The van der Waals surface area contributed by atoms with Crippen LogP contribution in [0.4, 0.5) is 10.6 Å². The summed E-state index contributed by atoms with van der Waals surface area (Å²) in [7, 11) is 3.51. The summed E-state index contributed by atoms with van der Waals surface area (Å²) in [5.41, 5.74) is 8.58. The van der Waals surface area contributed by atoms with Gasteiger partial charge < -0.3 is 21.3 Å². The highest BCUT2D eigenvalue weighted by Gasteiger charge is 2.20. The molecular weight excluding hydrogens is 406 g/mol. The zero-order valence-corrected chi connectivity index (χ0v) is 19.4. The molecule has 1 unspecified atom stereocenters. The largest absolute Gasteiger partial charge is 0.383 e. The third kappa shape index (κ3) is 6.69. The summed E-state index contributed by atoms with van der Waals surface area (Å²) in [6.07, 6.45) is 12.4. The first-order chi connectivity index (χ1) is 15.3. The molecule has 1 atom stereocenters. The molecule has 2 rings (SSSR count). The van der Waals surface area contributed by atoms with E-state index >= 15 is 0 Å². The average Bonchev–Trinajstić information content (AvgIpc) is 3.22. The van der Waals surface area contributed by atoms with Gasteiger partial charge in [0.15, 0.2) is 0 Å². The molecule has 0 aliphatic carbocycles. The number of carbonyl (C=O) groups excluding carboxylic acids is 2. The van der Waals surface area contributed by atoms with Gasteiger partial charge in [-0.2, -0.15) is 5.10 Å². The minimum Gasteiger partial charge on any atom is -0.383 e. The number of aromatic nitrogens is 3. The van der Waals surface area contributed by atoms with Gasteiger partial charge in [0.1, 0.15) is 5.82 Å². The summed E-state index contributed by atoms with van der Waals surface area (Å²) < 4.78 is 1.68. The lowest BCUT2D eigenvalue weighted by molar-refractivity contribution is 0.0928. The summed E-state index contributed by atoms with van der Waals surface area (Å²) >= 11 is 0. The highest BCUT2D eigenvalue weighted by Crippen LogP contribution is 2.21. The van der Waals surface area contributed by atoms with Gasteiger partial charge in [-0.15, -0.1) is 0 Å². The maximum Gasteiger partial charge on any atom is 0.321 e. The van der Waals surface area contributed by atoms with Crippen LogP contribution < -0.4 is 16.4 Å². The Labute approximate surface area is 189 Å². The van der Waals surface area contributed by atoms with Crippen LogP contribution in [0.5, 0.6) is 0 Å². The standard InChI is InChI=1S/C23H33N7O2/c1-6-9-10-18(7-2)28-23(32)29(4)15-19(8-3)27-22(31)20-11-16(12-25-21(20)24)17-13-26-30(5)14-17/h7,9-14,19H,6,8,15H2,1-5H3,(H2,24,25)(H,27,31)(H,28,32)/b10-9-,18-7+. The molecule has 0 saturated carbocycles. The number of carbonyl (C=O) groups is 2. The quantitative estimate of drug-likeness (QED) is 0.519. The van der Waals surface area contributed by atoms with E-state index in [9.17, 15) is 9.59 Å². The van der Waals surface area contributed by atoms with E-state index in [-0.39, 0.29) is 29.4 Å². The van der Waals surface area contributed by atoms with Crippen LogP contribution in [0.15, 0.2) is 48.6 Å². The number of hydrogen-bond donors (Lipinski definition) is 3. The minimum absolute atomic E-state index is 0.150. The van der Waals surface area contributed by atoms with Crippen LogP contribution in [0.2, 0.25) is 0 Å². The molecule has 2 aromatic heterocycles. The highest BCUT2D eigenvalue weighted by atomic mass is 16.2. The van der Waals surface area contributed by atoms with E-state index in [1.54, 1.807) is 35.1 Å². The Hall–Kier alpha value is -3.62. The van der Waals surface area contributed by atoms with Crippen molar-refractivity contribution in [3.8, 4) is 11.1 Å². The van der Waals surface area contributed by atoms with E-state index < -0.39 is 0 Å². The number of nitrogens with one attached hydrogen (secondary N) is 2. The summed E-state index contributed by atoms with van der Waals surface area (Å²) in [5.74, 6) is -0.182. The Morgan fingerprint density at radius 3 is 2.62 bits per heavy atom. The molecule has 0 spiro atoms. The van der Waals surface area contributed by atoms with Crippen molar-refractivity contribution in [2.24, 2.45) is 7.05 Å². The molecule has 0 saturated heterocycles. The van der Waals surface area contributed by atoms with Crippen molar-refractivity contribution >= 4 is 17.8 Å². The first-order valence-corrected chi connectivity index (χ1v) is 10.7. The monoisotopic (exact) mass is 439 g/mol. The molecule has 9 heteroatoms. The van der Waals surface area contributed by atoms with Gasteiger partial charge in [0.05, 0.1) is 11.8 Å². The Morgan fingerprint density at radius 1 is 1.28 bits per heavy atom. The van der Waals surface area contributed by atoms with Gasteiger partial charge in [-0.25, -0.2) is 9.78 Å². The number of nitrogens with zero attached hydrogens (tertiary/aromatic N) is 4. The van der Waals surface area contributed by atoms with Crippen molar-refractivity contribution < 1.29 is 9.59 Å². The predicted octanol–water partition coefficient (Wildman–Crippen LogP) is 3.08. The van der Waals surface area contributed by atoms with Gasteiger partial charge in [0, 0.05) is 55.9 Å². The number of allylic oxidation sites excluding steroid dienone is 3. The van der Waals surface area contributed by atoms with Crippen LogP contribution in [0.1, 0.15) is 44.0 Å². The second-order valence-electron chi connectivity index (χ2n) is 7.50. The number of pyridine rings is 1. The number of aryl methyl sites for hydroxylation is 1. The highest BCUT2D eigenvalue weighted by molar-refractivity contribution is 5.99. The number of amides is 3. The molecule has 2 heterocycles. The SMILES string of the molecule is C/C=C(\C=C/CC)NC(=O)N(C)CC(CC)NC(=O)c1cc(-c2cnn(C)c2)cnc1N. The fraction of sp³-hybridized carbons (Fsp3) is 0.391. The molecule has 0 aliphatic rings. The number of likely N-dealkylation sites (N-methyl/N-ethyl adjacent to an activating group) is 1. The van der Waals surface area contributed by atoms with Crippen LogP contribution >= 0.6 is 0 Å². The zero-order chi connectivity index (χ0) is 23.7. The van der Waals surface area contributed by atoms with Crippen LogP contribution in [0.25, 0.3) is 11.1 Å². The Morgan fingerprint density at radius 2 is 2.03 bits per heavy atom. The lowest BCUT2D eigenvalue weighted by Crippen LogP contribution is -2.46. The predicted molar refractivity (Wildman–Crippen MR) is 127 cm³/mol. The zero-order valence-electron chi connectivity index (χ0n) is 19.4. The lowest BCUT2D eigenvalue weighted by Gasteiger charge is -2.25. The number of nitrogens with two attached hydrogens (primary N) is 1. The van der Waals surface area contributed by atoms with Gasteiger partial charge in [0.25, 0.3) is 5.91 Å². The number of nitrogen functional groups attached to an aromatic ring is 1. The normalized spacial score (nSPS) is 12.6. The van der Waals surface area contributed by atoms with E-state index in [0.717, 1.165) is 23.2 Å². The van der Waals surface area contributed by atoms with Gasteiger partial charge in [-0.1, -0.05) is 26.0 Å². The number of rotatable bonds is 9. The molecule has 9 nitrogen and oxygen atoms in total. The molecule has 0 fully saturated rings. The van der Waals surface area contributed by atoms with Gasteiger partial charge in [0.2, 0.25) is 0 Å². The summed E-state index contributed by atoms with van der Waals surface area (Å²) in [5, 5.41) is 9.98. The maximum absolute atomic E-state index is 12.9. The molecule has 4 N–H and O–H groups in total. The molecular formula is C23H33N7O2. The average molecular weight is 440 g/mol. The van der Waals surface area contributed by atoms with Gasteiger partial charge >= 0.3 is 6.03 Å². The topological polar surface area (TPSA) is 118 Å². The second-order valence-corrected chi connectivity index (χ2v) is 7.50. The molecule has 2 aromatic rings. The van der Waals surface area contributed by atoms with E-state index in [0.29, 0.717) is 13.0 Å². The number of anilines is 1. The van der Waals surface area contributed by atoms with Crippen molar-refractivity contribution in [2.45, 2.75) is 39.7 Å².